The van der Waals surface area contributed by atoms with Crippen molar-refractivity contribution in [1.82, 2.24) is 19.6 Å². The third kappa shape index (κ3) is 14.3. The second-order valence-electron chi connectivity index (χ2n) is 19.2. The number of allylic oxidation sites excluding steroid dienone is 4. The van der Waals surface area contributed by atoms with Gasteiger partial charge in [-0.15, -0.1) is 0 Å². The molecule has 1 fully saturated rings. The molecular weight excluding hydrogens is 971 g/mol. The average Bonchev–Trinajstić information content (AvgIpc) is 4.03. The molecule has 1 saturated heterocycles. The van der Waals surface area contributed by atoms with Gasteiger partial charge in [0.2, 0.25) is 0 Å². The van der Waals surface area contributed by atoms with Gasteiger partial charge in [-0.25, -0.2) is 27.2 Å². The van der Waals surface area contributed by atoms with Gasteiger partial charge < -0.3 is 37.7 Å². The minimum absolute atomic E-state index is 0. The van der Waals surface area contributed by atoms with Crippen LogP contribution in [0.15, 0.2) is 22.1 Å². The van der Waals surface area contributed by atoms with Crippen LogP contribution in [0, 0.1) is 10.8 Å². The molecule has 69 heavy (non-hydrogen) atoms. The van der Waals surface area contributed by atoms with E-state index in [0.717, 1.165) is 62.4 Å². The van der Waals surface area contributed by atoms with E-state index in [-0.39, 0.29) is 61.2 Å². The maximum atomic E-state index is 14.0. The van der Waals surface area contributed by atoms with Crippen molar-refractivity contribution >= 4 is 40.6 Å². The highest BCUT2D eigenvalue weighted by molar-refractivity contribution is 9.10. The molecule has 7 rings (SSSR count). The first-order chi connectivity index (χ1) is 32.0. The molecule has 0 atom stereocenters. The van der Waals surface area contributed by atoms with Crippen LogP contribution in [0.5, 0.6) is 0 Å². The number of hydrogen-bond acceptors (Lipinski definition) is 12. The number of carbonyl (C=O) groups is 2. The molecule has 0 radical (unpaired) electrons. The van der Waals surface area contributed by atoms with Gasteiger partial charge in [0.25, 0.3) is 11.8 Å². The van der Waals surface area contributed by atoms with Crippen LogP contribution in [0.3, 0.4) is 0 Å². The van der Waals surface area contributed by atoms with Gasteiger partial charge in [-0.1, -0.05) is 19.6 Å². The molecule has 2 aliphatic carbocycles. The van der Waals surface area contributed by atoms with Crippen molar-refractivity contribution in [3.05, 3.63) is 50.4 Å². The van der Waals surface area contributed by atoms with Crippen molar-refractivity contribution in [2.45, 2.75) is 164 Å². The highest BCUT2D eigenvalue weighted by atomic mass is 79.9. The van der Waals surface area contributed by atoms with E-state index in [1.165, 1.54) is 10.2 Å². The average molecular weight is 1050 g/mol. The van der Waals surface area contributed by atoms with Gasteiger partial charge in [-0.05, 0) is 135 Å². The summed E-state index contributed by atoms with van der Waals surface area (Å²) in [5, 5.41) is 8.01. The lowest BCUT2D eigenvalue weighted by atomic mass is 9.66. The number of fused-ring (bicyclic) bond motifs is 2. The molecule has 0 spiro atoms. The Hall–Kier alpha value is -3.14. The molecule has 390 valence electrons. The van der Waals surface area contributed by atoms with Gasteiger partial charge in [-0.2, -0.15) is 10.2 Å². The summed E-state index contributed by atoms with van der Waals surface area (Å²) in [6, 6.07) is 0. The summed E-state index contributed by atoms with van der Waals surface area (Å²) in [6.07, 6.45) is 8.67. The molecule has 2 aromatic heterocycles. The molecule has 20 heteroatoms. The van der Waals surface area contributed by atoms with Crippen molar-refractivity contribution < 1.29 is 64.9 Å². The quantitative estimate of drug-likeness (QED) is 0.0796. The van der Waals surface area contributed by atoms with Gasteiger partial charge >= 0.3 is 19.1 Å². The Morgan fingerprint density at radius 1 is 0.652 bits per heavy atom. The maximum absolute atomic E-state index is 14.0. The Bertz CT molecular complexity index is 2080. The Kier molecular flexibility index (Phi) is 20.8. The second-order valence-corrected chi connectivity index (χ2v) is 19.9. The molecule has 2 aromatic rings. The normalized spacial score (nSPS) is 20.8. The predicted molar refractivity (Wildman–Crippen MR) is 259 cm³/mol. The van der Waals surface area contributed by atoms with Crippen molar-refractivity contribution in [1.29, 1.82) is 0 Å². The van der Waals surface area contributed by atoms with Crippen LogP contribution >= 0.6 is 15.9 Å². The lowest BCUT2D eigenvalue weighted by molar-refractivity contribution is -0.0222. The summed E-state index contributed by atoms with van der Waals surface area (Å²) in [5.41, 5.74) is 3.06. The smallest absolute Gasteiger partial charge is 0.461 e. The van der Waals surface area contributed by atoms with Crippen molar-refractivity contribution in [2.24, 2.45) is 10.8 Å². The first kappa shape index (κ1) is 58.4. The van der Waals surface area contributed by atoms with Crippen LogP contribution in [0.1, 0.15) is 153 Å². The Balaban J connectivity index is 0.000000233. The van der Waals surface area contributed by atoms with E-state index >= 15 is 0 Å². The standard InChI is InChI=1S/C21H30F2N2O4.C18H33BO4.C9H9BrF2N2O2.CH4/c1-4-27-13-20(14-28-5-2)9-7-15(8-10-20)17-16-11-21(22,23)12-25(16)24-18(17)19(26)29-6-3;1-7-20-13-18(14-21-8-2)11-9-15(10-12-18)19-22-16(3,4)17(5,6)23-19;1-2-16-8(15)7-6(10)5-3-9(11,12)4-14(5)13-7;/h7H,4-6,8-14H2,1-3H3;9H,7-8,10-14H2,1-6H3;2-4H2,1H3;1H4. The minimum atomic E-state index is -2.84. The van der Waals surface area contributed by atoms with E-state index in [1.807, 2.05) is 33.8 Å². The zero-order valence-corrected chi connectivity index (χ0v) is 43.2. The van der Waals surface area contributed by atoms with E-state index in [2.05, 4.69) is 59.9 Å². The van der Waals surface area contributed by atoms with Gasteiger partial charge in [0.1, 0.15) is 13.1 Å². The molecule has 0 amide bonds. The molecule has 0 unspecified atom stereocenters. The zero-order valence-electron chi connectivity index (χ0n) is 41.6. The summed E-state index contributed by atoms with van der Waals surface area (Å²) >= 11 is 3.11. The maximum Gasteiger partial charge on any atom is 0.490 e. The first-order valence-electron chi connectivity index (χ1n) is 24.0. The molecule has 0 saturated carbocycles. The summed E-state index contributed by atoms with van der Waals surface area (Å²) in [7, 11) is -0.211. The van der Waals surface area contributed by atoms with Crippen LogP contribution in [0.2, 0.25) is 0 Å². The van der Waals surface area contributed by atoms with Gasteiger partial charge in [0.05, 0.1) is 79.5 Å². The highest BCUT2D eigenvalue weighted by Gasteiger charge is 2.53. The molecular formula is C49H76BBrF4N4O10. The summed E-state index contributed by atoms with van der Waals surface area (Å²) < 4.78 is 102. The van der Waals surface area contributed by atoms with E-state index in [4.69, 9.17) is 37.7 Å². The van der Waals surface area contributed by atoms with Crippen molar-refractivity contribution in [2.75, 3.05) is 66.1 Å². The summed E-state index contributed by atoms with van der Waals surface area (Å²) in [6.45, 7) is 24.7. The third-order valence-electron chi connectivity index (χ3n) is 13.4. The SMILES string of the molecule is C.CCOC(=O)c1nn2c(c1Br)CC(F)(F)C2.CCOCC1(COCC)CC=C(B2OC(C)(C)C(C)(C)O2)CC1.CCOCC1(COCC)CC=C(c2c(C(=O)OCC)nn3c2CC(F)(F)C3)CC1. The van der Waals surface area contributed by atoms with Crippen LogP contribution in [0.4, 0.5) is 17.6 Å². The molecule has 0 aromatic carbocycles. The second kappa shape index (κ2) is 24.5. The number of halogens is 5. The highest BCUT2D eigenvalue weighted by Crippen LogP contribution is 2.45. The van der Waals surface area contributed by atoms with Gasteiger partial charge in [0, 0.05) is 42.8 Å². The van der Waals surface area contributed by atoms with Crippen LogP contribution in [-0.2, 0) is 63.7 Å². The lowest BCUT2D eigenvalue weighted by Crippen LogP contribution is -2.41. The molecule has 5 heterocycles. The fourth-order valence-corrected chi connectivity index (χ4v) is 9.44. The fourth-order valence-electron chi connectivity index (χ4n) is 8.85. The molecule has 14 nitrogen and oxygen atoms in total. The van der Waals surface area contributed by atoms with Crippen molar-refractivity contribution in [3.63, 3.8) is 0 Å². The Labute approximate surface area is 415 Å². The van der Waals surface area contributed by atoms with Crippen LogP contribution in [0.25, 0.3) is 5.57 Å². The lowest BCUT2D eigenvalue weighted by Gasteiger charge is -2.36. The third-order valence-corrected chi connectivity index (χ3v) is 14.2. The number of ether oxygens (including phenoxy) is 6. The van der Waals surface area contributed by atoms with E-state index in [9.17, 15) is 27.2 Å². The van der Waals surface area contributed by atoms with Gasteiger partial charge in [-0.3, -0.25) is 9.36 Å². The summed E-state index contributed by atoms with van der Waals surface area (Å²) in [5.74, 6) is -6.78. The number of aromatic nitrogens is 4. The number of carbonyl (C=O) groups excluding carboxylic acids is 2. The zero-order chi connectivity index (χ0) is 50.1. The Morgan fingerprint density at radius 2 is 1.07 bits per heavy atom. The molecule has 5 aliphatic rings. The molecule has 3 aliphatic heterocycles. The van der Waals surface area contributed by atoms with E-state index in [0.29, 0.717) is 60.7 Å². The topological polar surface area (TPSA) is 144 Å². The van der Waals surface area contributed by atoms with Crippen LogP contribution in [-0.4, -0.2) is 128 Å². The summed E-state index contributed by atoms with van der Waals surface area (Å²) in [4.78, 5) is 23.8. The van der Waals surface area contributed by atoms with E-state index in [1.54, 1.807) is 13.8 Å². The Morgan fingerprint density at radius 3 is 1.48 bits per heavy atom. The number of hydrogen-bond donors (Lipinski definition) is 0. The predicted octanol–water partition coefficient (Wildman–Crippen LogP) is 10.3. The molecule has 0 N–H and O–H groups in total. The largest absolute Gasteiger partial charge is 0.490 e. The van der Waals surface area contributed by atoms with Crippen LogP contribution < -0.4 is 0 Å². The monoisotopic (exact) mass is 1050 g/mol. The molecule has 0 bridgehead atoms. The fraction of sp³-hybridized carbons (Fsp3) is 0.755. The number of nitrogens with zero attached hydrogens (tertiary/aromatic N) is 4. The number of alkyl halides is 4. The first-order valence-corrected chi connectivity index (χ1v) is 24.8. The van der Waals surface area contributed by atoms with Crippen molar-refractivity contribution in [3.8, 4) is 0 Å². The number of esters is 2. The number of rotatable bonds is 18. The van der Waals surface area contributed by atoms with E-state index < -0.39 is 49.7 Å². The van der Waals surface area contributed by atoms with Gasteiger partial charge in [0.15, 0.2) is 11.4 Å². The minimum Gasteiger partial charge on any atom is -0.461 e.